The van der Waals surface area contributed by atoms with E-state index in [0.717, 1.165) is 0 Å². The van der Waals surface area contributed by atoms with Crippen LogP contribution in [0.4, 0.5) is 0 Å². The molecule has 0 saturated heterocycles. The van der Waals surface area contributed by atoms with Gasteiger partial charge in [-0.2, -0.15) is 0 Å². The van der Waals surface area contributed by atoms with Gasteiger partial charge in [0, 0.05) is 41.0 Å². The number of aryl methyl sites for hydroxylation is 4. The van der Waals surface area contributed by atoms with Crippen LogP contribution in [0, 0.1) is 9.54 Å². The Kier molecular flexibility index (Phi) is 4.19. The van der Waals surface area contributed by atoms with Gasteiger partial charge in [-0.15, -0.1) is 0 Å². The molecule has 0 spiro atoms. The number of fused-ring (bicyclic) bond motifs is 2. The Morgan fingerprint density at radius 3 is 1.43 bits per heavy atom. The summed E-state index contributed by atoms with van der Waals surface area (Å²) in [5, 5.41) is 0. The first-order valence-electron chi connectivity index (χ1n) is 8.50. The third-order valence-corrected chi connectivity index (χ3v) is 5.98. The predicted octanol–water partition coefficient (Wildman–Crippen LogP) is 0.758. The van der Waals surface area contributed by atoms with Crippen LogP contribution in [0.5, 0.6) is 0 Å². The normalized spacial score (nSPS) is 11.7. The van der Waals surface area contributed by atoms with E-state index in [2.05, 4.69) is 19.9 Å². The van der Waals surface area contributed by atoms with E-state index in [-0.39, 0.29) is 11.1 Å². The maximum atomic E-state index is 12.4. The first kappa shape index (κ1) is 18.5. The molecule has 10 nitrogen and oxygen atoms in total. The highest BCUT2D eigenvalue weighted by Gasteiger charge is 2.14. The van der Waals surface area contributed by atoms with E-state index in [4.69, 9.17) is 24.4 Å². The van der Waals surface area contributed by atoms with E-state index in [0.29, 0.717) is 56.4 Å². The Hall–Kier alpha value is -2.86. The molecule has 0 atom stereocenters. The summed E-state index contributed by atoms with van der Waals surface area (Å²) in [5.41, 5.74) is 1.43. The first-order valence-corrected chi connectivity index (χ1v) is 9.31. The zero-order valence-electron chi connectivity index (χ0n) is 15.7. The van der Waals surface area contributed by atoms with Crippen LogP contribution in [-0.4, -0.2) is 38.2 Å². The Bertz CT molecular complexity index is 1380. The number of hydrogen-bond acceptors (Lipinski definition) is 6. The summed E-state index contributed by atoms with van der Waals surface area (Å²) in [4.78, 5) is 39.9. The second kappa shape index (κ2) is 6.34. The minimum atomic E-state index is -0.214. The molecule has 0 aliphatic heterocycles. The third-order valence-electron chi connectivity index (χ3n) is 4.89. The van der Waals surface area contributed by atoms with E-state index < -0.39 is 0 Å². The lowest BCUT2D eigenvalue weighted by molar-refractivity contribution is 0.741. The van der Waals surface area contributed by atoms with E-state index >= 15 is 0 Å². The van der Waals surface area contributed by atoms with Crippen molar-refractivity contribution < 1.29 is 0 Å². The van der Waals surface area contributed by atoms with Gasteiger partial charge in [0.15, 0.2) is 20.8 Å². The van der Waals surface area contributed by atoms with Crippen LogP contribution < -0.4 is 11.1 Å². The smallest absolute Gasteiger partial charge is 0.280 e. The summed E-state index contributed by atoms with van der Waals surface area (Å²) >= 11 is 10.5. The van der Waals surface area contributed by atoms with Crippen molar-refractivity contribution >= 4 is 46.8 Å². The van der Waals surface area contributed by atoms with Gasteiger partial charge < -0.3 is 19.1 Å². The lowest BCUT2D eigenvalue weighted by atomic mass is 10.3. The molecule has 0 saturated carbocycles. The molecule has 0 aromatic carbocycles. The zero-order valence-corrected chi connectivity index (χ0v) is 17.4. The van der Waals surface area contributed by atoms with Gasteiger partial charge in [-0.25, -0.2) is 9.97 Å². The molecule has 0 radical (unpaired) electrons. The first-order chi connectivity index (χ1) is 13.2. The maximum absolute atomic E-state index is 12.4. The van der Waals surface area contributed by atoms with Crippen molar-refractivity contribution in [2.24, 2.45) is 28.2 Å². The van der Waals surface area contributed by atoms with Crippen LogP contribution >= 0.6 is 24.4 Å². The highest BCUT2D eigenvalue weighted by molar-refractivity contribution is 7.71. The minimum Gasteiger partial charge on any atom is -0.336 e. The molecule has 4 aromatic heterocycles. The van der Waals surface area contributed by atoms with Crippen LogP contribution in [0.25, 0.3) is 22.3 Å². The van der Waals surface area contributed by atoms with Crippen molar-refractivity contribution in [3.63, 3.8) is 0 Å². The number of nitrogens with zero attached hydrogens (tertiary/aromatic N) is 6. The largest absolute Gasteiger partial charge is 0.336 e. The molecule has 12 heteroatoms. The van der Waals surface area contributed by atoms with E-state index in [1.54, 1.807) is 37.3 Å². The summed E-state index contributed by atoms with van der Waals surface area (Å²) in [6, 6.07) is 0. The van der Waals surface area contributed by atoms with Crippen LogP contribution in [0.15, 0.2) is 9.59 Å². The summed E-state index contributed by atoms with van der Waals surface area (Å²) in [7, 11) is 6.81. The van der Waals surface area contributed by atoms with Crippen LogP contribution in [0.2, 0.25) is 0 Å². The van der Waals surface area contributed by atoms with E-state index in [1.165, 1.54) is 9.13 Å². The molecule has 146 valence electrons. The van der Waals surface area contributed by atoms with Gasteiger partial charge in [0.05, 0.1) is 0 Å². The fraction of sp³-hybridized carbons (Fsp3) is 0.375. The molecule has 4 aromatic rings. The maximum Gasteiger partial charge on any atom is 0.280 e. The standard InChI is InChI=1S/C16H18N8O2S2/c1-21-11-9(13(25)23(3)15(21)27)17-7(19-11)5-6-8-18-10-12(20-8)22(2)16(28)24(4)14(10)26/h5-6H2,1-4H3,(H,17,19)(H,18,20). The number of H-pyrrole nitrogens is 2. The van der Waals surface area contributed by atoms with Crippen molar-refractivity contribution in [1.82, 2.24) is 38.2 Å². The fourth-order valence-corrected chi connectivity index (χ4v) is 3.56. The van der Waals surface area contributed by atoms with Crippen molar-refractivity contribution in [3.8, 4) is 0 Å². The molecule has 0 bridgehead atoms. The van der Waals surface area contributed by atoms with Gasteiger partial charge >= 0.3 is 0 Å². The highest BCUT2D eigenvalue weighted by Crippen LogP contribution is 2.11. The molecule has 0 aliphatic carbocycles. The Morgan fingerprint density at radius 2 is 1.07 bits per heavy atom. The minimum absolute atomic E-state index is 0.214. The van der Waals surface area contributed by atoms with E-state index in [9.17, 15) is 9.59 Å². The highest BCUT2D eigenvalue weighted by atomic mass is 32.1. The van der Waals surface area contributed by atoms with Crippen LogP contribution in [-0.2, 0) is 41.0 Å². The van der Waals surface area contributed by atoms with Gasteiger partial charge in [0.25, 0.3) is 11.1 Å². The van der Waals surface area contributed by atoms with E-state index in [1.807, 2.05) is 0 Å². The van der Waals surface area contributed by atoms with Gasteiger partial charge in [-0.1, -0.05) is 0 Å². The fourth-order valence-electron chi connectivity index (χ4n) is 3.22. The number of nitrogens with one attached hydrogen (secondary N) is 2. The molecule has 2 N–H and O–H groups in total. The Morgan fingerprint density at radius 1 is 0.714 bits per heavy atom. The van der Waals surface area contributed by atoms with Gasteiger partial charge in [-0.05, 0) is 24.4 Å². The number of imidazole rings is 2. The van der Waals surface area contributed by atoms with Crippen LogP contribution in [0.1, 0.15) is 11.6 Å². The molecule has 0 fully saturated rings. The Balaban J connectivity index is 1.72. The molecule has 4 heterocycles. The van der Waals surface area contributed by atoms with Crippen molar-refractivity contribution in [3.05, 3.63) is 41.9 Å². The average Bonchev–Trinajstić information content (AvgIpc) is 3.30. The summed E-state index contributed by atoms with van der Waals surface area (Å²) in [5.74, 6) is 1.29. The summed E-state index contributed by atoms with van der Waals surface area (Å²) < 4.78 is 7.00. The number of rotatable bonds is 3. The predicted molar refractivity (Wildman–Crippen MR) is 110 cm³/mol. The van der Waals surface area contributed by atoms with Crippen LogP contribution in [0.3, 0.4) is 0 Å². The third kappa shape index (κ3) is 2.59. The van der Waals surface area contributed by atoms with Gasteiger partial charge in [0.1, 0.15) is 22.7 Å². The molecule has 28 heavy (non-hydrogen) atoms. The quantitative estimate of drug-likeness (QED) is 0.475. The van der Waals surface area contributed by atoms with Gasteiger partial charge in [0.2, 0.25) is 0 Å². The molecule has 0 amide bonds. The summed E-state index contributed by atoms with van der Waals surface area (Å²) in [6.07, 6.45) is 1.02. The molecular formula is C16H18N8O2S2. The van der Waals surface area contributed by atoms with Crippen molar-refractivity contribution in [1.29, 1.82) is 0 Å². The number of aromatic nitrogens is 8. The van der Waals surface area contributed by atoms with Crippen molar-refractivity contribution in [2.45, 2.75) is 12.8 Å². The molecular weight excluding hydrogens is 400 g/mol. The lowest BCUT2D eigenvalue weighted by Gasteiger charge is -2.03. The number of aromatic amines is 2. The van der Waals surface area contributed by atoms with Gasteiger partial charge in [-0.3, -0.25) is 18.7 Å². The molecule has 0 aliphatic rings. The summed E-state index contributed by atoms with van der Waals surface area (Å²) in [6.45, 7) is 0. The second-order valence-corrected chi connectivity index (χ2v) is 7.41. The zero-order chi connectivity index (χ0) is 20.3. The van der Waals surface area contributed by atoms with Crippen molar-refractivity contribution in [2.75, 3.05) is 0 Å². The Labute approximate surface area is 168 Å². The lowest BCUT2D eigenvalue weighted by Crippen LogP contribution is -2.21. The molecule has 0 unspecified atom stereocenters. The number of hydrogen-bond donors (Lipinski definition) is 2. The second-order valence-electron chi connectivity index (χ2n) is 6.68. The topological polar surface area (TPSA) is 111 Å². The molecule has 4 rings (SSSR count). The average molecular weight is 419 g/mol. The monoisotopic (exact) mass is 418 g/mol. The SMILES string of the molecule is Cn1c(=O)c2[nH]c(CCc3nc4c([nH]3)c(=O)n(C)c(=S)n4C)nc2n(C)c1=S.